The normalized spacial score (nSPS) is 25.7. The van der Waals surface area contributed by atoms with Crippen LogP contribution < -0.4 is 0 Å². The summed E-state index contributed by atoms with van der Waals surface area (Å²) in [6.07, 6.45) is 3.49. The molecule has 2 rings (SSSR count). The van der Waals surface area contributed by atoms with Gasteiger partial charge in [-0.05, 0) is 45.9 Å². The van der Waals surface area contributed by atoms with Gasteiger partial charge in [-0.15, -0.1) is 0 Å². The van der Waals surface area contributed by atoms with Crippen molar-refractivity contribution >= 4 is 5.97 Å². The Hall–Kier alpha value is -0.650. The van der Waals surface area contributed by atoms with Gasteiger partial charge in [0, 0.05) is 31.7 Å². The standard InChI is InChI=1S/C15H29N3O2/c1-3-6-17-7-4-15(5-8-17,13-14(19)20)18-11-9-16(2)10-12-18/h3-13H2,1-2H3,(H,19,20). The molecule has 2 fully saturated rings. The Kier molecular flexibility index (Phi) is 5.41. The lowest BCUT2D eigenvalue weighted by molar-refractivity contribution is -0.142. The molecule has 0 aromatic rings. The molecular weight excluding hydrogens is 254 g/mol. The SMILES string of the molecule is CCCN1CCC(CC(=O)O)(N2CCN(C)CC2)CC1. The van der Waals surface area contributed by atoms with Crippen molar-refractivity contribution in [2.24, 2.45) is 0 Å². The molecule has 0 aliphatic carbocycles. The van der Waals surface area contributed by atoms with E-state index in [1.165, 1.54) is 6.42 Å². The van der Waals surface area contributed by atoms with Crippen molar-refractivity contribution in [3.8, 4) is 0 Å². The monoisotopic (exact) mass is 283 g/mol. The van der Waals surface area contributed by atoms with Crippen LogP contribution >= 0.6 is 0 Å². The van der Waals surface area contributed by atoms with Crippen molar-refractivity contribution in [2.75, 3.05) is 52.9 Å². The van der Waals surface area contributed by atoms with Crippen LogP contribution in [0.15, 0.2) is 0 Å². The number of hydrogen-bond acceptors (Lipinski definition) is 4. The molecule has 5 heteroatoms. The summed E-state index contributed by atoms with van der Waals surface area (Å²) in [4.78, 5) is 18.6. The third-order valence-electron chi connectivity index (χ3n) is 4.98. The molecule has 5 nitrogen and oxygen atoms in total. The number of piperidine rings is 1. The summed E-state index contributed by atoms with van der Waals surface area (Å²) in [5.74, 6) is -0.645. The molecule has 116 valence electrons. The summed E-state index contributed by atoms with van der Waals surface area (Å²) in [6.45, 7) is 9.58. The van der Waals surface area contributed by atoms with Crippen LogP contribution in [0.25, 0.3) is 0 Å². The second-order valence-corrected chi connectivity index (χ2v) is 6.43. The average Bonchev–Trinajstić information content (AvgIpc) is 2.41. The summed E-state index contributed by atoms with van der Waals surface area (Å²) in [7, 11) is 2.14. The number of hydrogen-bond donors (Lipinski definition) is 1. The van der Waals surface area contributed by atoms with Crippen LogP contribution in [0.4, 0.5) is 0 Å². The highest BCUT2D eigenvalue weighted by molar-refractivity contribution is 5.68. The van der Waals surface area contributed by atoms with Gasteiger partial charge in [0.25, 0.3) is 0 Å². The van der Waals surface area contributed by atoms with Gasteiger partial charge in [-0.1, -0.05) is 6.92 Å². The number of rotatable bonds is 5. The lowest BCUT2D eigenvalue weighted by atomic mass is 9.82. The minimum atomic E-state index is -0.645. The van der Waals surface area contributed by atoms with Crippen molar-refractivity contribution in [2.45, 2.75) is 38.1 Å². The number of aliphatic carboxylic acids is 1. The summed E-state index contributed by atoms with van der Waals surface area (Å²) in [5, 5.41) is 9.33. The highest BCUT2D eigenvalue weighted by atomic mass is 16.4. The van der Waals surface area contributed by atoms with E-state index in [4.69, 9.17) is 0 Å². The Balaban J connectivity index is 2.01. The molecule has 2 aliphatic rings. The summed E-state index contributed by atoms with van der Waals surface area (Å²) < 4.78 is 0. The molecular formula is C15H29N3O2. The maximum absolute atomic E-state index is 11.3. The van der Waals surface area contributed by atoms with E-state index in [0.29, 0.717) is 6.42 Å². The number of nitrogens with zero attached hydrogens (tertiary/aromatic N) is 3. The molecule has 0 unspecified atom stereocenters. The zero-order valence-corrected chi connectivity index (χ0v) is 13.0. The Morgan fingerprint density at radius 1 is 1.10 bits per heavy atom. The van der Waals surface area contributed by atoms with Gasteiger partial charge in [-0.3, -0.25) is 9.69 Å². The van der Waals surface area contributed by atoms with Crippen molar-refractivity contribution in [3.05, 3.63) is 0 Å². The molecule has 0 bridgehead atoms. The summed E-state index contributed by atoms with van der Waals surface area (Å²) in [6, 6.07) is 0. The first-order chi connectivity index (χ1) is 9.55. The Labute approximate surface area is 122 Å². The molecule has 1 N–H and O–H groups in total. The lowest BCUT2D eigenvalue weighted by Gasteiger charge is -2.50. The van der Waals surface area contributed by atoms with Crippen molar-refractivity contribution in [1.29, 1.82) is 0 Å². The maximum atomic E-state index is 11.3. The van der Waals surface area contributed by atoms with Crippen LogP contribution in [0.3, 0.4) is 0 Å². The van der Waals surface area contributed by atoms with Crippen LogP contribution in [0, 0.1) is 0 Å². The fourth-order valence-electron chi connectivity index (χ4n) is 3.68. The third kappa shape index (κ3) is 3.71. The van der Waals surface area contributed by atoms with E-state index in [2.05, 4.69) is 28.7 Å². The van der Waals surface area contributed by atoms with Gasteiger partial charge in [-0.25, -0.2) is 0 Å². The average molecular weight is 283 g/mol. The molecule has 0 radical (unpaired) electrons. The number of carboxylic acid groups (broad SMARTS) is 1. The first-order valence-electron chi connectivity index (χ1n) is 7.93. The Morgan fingerprint density at radius 3 is 2.20 bits per heavy atom. The zero-order valence-electron chi connectivity index (χ0n) is 13.0. The van der Waals surface area contributed by atoms with Crippen LogP contribution in [-0.4, -0.2) is 84.2 Å². The molecule has 0 amide bonds. The quantitative estimate of drug-likeness (QED) is 0.814. The van der Waals surface area contributed by atoms with Crippen LogP contribution in [0.2, 0.25) is 0 Å². The lowest BCUT2D eigenvalue weighted by Crippen LogP contribution is -2.61. The highest BCUT2D eigenvalue weighted by Gasteiger charge is 2.42. The van der Waals surface area contributed by atoms with Gasteiger partial charge in [0.1, 0.15) is 0 Å². The largest absolute Gasteiger partial charge is 0.481 e. The van der Waals surface area contributed by atoms with Gasteiger partial charge in [-0.2, -0.15) is 0 Å². The number of carbonyl (C=O) groups is 1. The predicted molar refractivity (Wildman–Crippen MR) is 80.0 cm³/mol. The van der Waals surface area contributed by atoms with E-state index >= 15 is 0 Å². The van der Waals surface area contributed by atoms with Gasteiger partial charge in [0.05, 0.1) is 6.42 Å². The second-order valence-electron chi connectivity index (χ2n) is 6.43. The predicted octanol–water partition coefficient (Wildman–Crippen LogP) is 0.953. The van der Waals surface area contributed by atoms with E-state index < -0.39 is 5.97 Å². The van der Waals surface area contributed by atoms with Crippen LogP contribution in [0.5, 0.6) is 0 Å². The van der Waals surface area contributed by atoms with Gasteiger partial charge >= 0.3 is 5.97 Å². The van der Waals surface area contributed by atoms with E-state index in [9.17, 15) is 9.90 Å². The van der Waals surface area contributed by atoms with E-state index in [0.717, 1.165) is 58.7 Å². The molecule has 0 atom stereocenters. The van der Waals surface area contributed by atoms with Crippen LogP contribution in [0.1, 0.15) is 32.6 Å². The maximum Gasteiger partial charge on any atom is 0.305 e. The molecule has 0 saturated carbocycles. The second kappa shape index (κ2) is 6.87. The molecule has 0 aromatic heterocycles. The van der Waals surface area contributed by atoms with Crippen molar-refractivity contribution in [1.82, 2.24) is 14.7 Å². The van der Waals surface area contributed by atoms with E-state index in [1.54, 1.807) is 0 Å². The first-order valence-corrected chi connectivity index (χ1v) is 7.93. The van der Waals surface area contributed by atoms with Gasteiger partial charge in [0.2, 0.25) is 0 Å². The first kappa shape index (κ1) is 15.7. The van der Waals surface area contributed by atoms with E-state index in [1.807, 2.05) is 0 Å². The minimum absolute atomic E-state index is 0.0999. The summed E-state index contributed by atoms with van der Waals surface area (Å²) in [5.41, 5.74) is -0.0999. The number of likely N-dealkylation sites (N-methyl/N-ethyl adjacent to an activating group) is 1. The molecule has 0 spiro atoms. The topological polar surface area (TPSA) is 47.0 Å². The molecule has 2 aliphatic heterocycles. The molecule has 2 heterocycles. The Morgan fingerprint density at radius 2 is 1.70 bits per heavy atom. The fraction of sp³-hybridized carbons (Fsp3) is 0.933. The number of likely N-dealkylation sites (tertiary alicyclic amines) is 1. The van der Waals surface area contributed by atoms with Crippen molar-refractivity contribution < 1.29 is 9.90 Å². The molecule has 20 heavy (non-hydrogen) atoms. The minimum Gasteiger partial charge on any atom is -0.481 e. The number of piperazine rings is 1. The Bertz CT molecular complexity index is 319. The summed E-state index contributed by atoms with van der Waals surface area (Å²) >= 11 is 0. The van der Waals surface area contributed by atoms with Crippen LogP contribution in [-0.2, 0) is 4.79 Å². The van der Waals surface area contributed by atoms with Crippen molar-refractivity contribution in [3.63, 3.8) is 0 Å². The highest BCUT2D eigenvalue weighted by Crippen LogP contribution is 2.33. The fourth-order valence-corrected chi connectivity index (χ4v) is 3.68. The van der Waals surface area contributed by atoms with Gasteiger partial charge < -0.3 is 14.9 Å². The smallest absolute Gasteiger partial charge is 0.305 e. The third-order valence-corrected chi connectivity index (χ3v) is 4.98. The van der Waals surface area contributed by atoms with E-state index in [-0.39, 0.29) is 5.54 Å². The number of carboxylic acids is 1. The van der Waals surface area contributed by atoms with Gasteiger partial charge in [0.15, 0.2) is 0 Å². The zero-order chi connectivity index (χ0) is 14.6. The molecule has 0 aromatic carbocycles. The molecule has 2 saturated heterocycles.